The molecule has 0 saturated heterocycles. The number of alkyl halides is 3. The summed E-state index contributed by atoms with van der Waals surface area (Å²) in [6.45, 7) is 1.77. The molecule has 1 rings (SSSR count). The van der Waals surface area contributed by atoms with Crippen LogP contribution in [0.1, 0.15) is 18.4 Å². The molecule has 2 unspecified atom stereocenters. The van der Waals surface area contributed by atoms with Crippen molar-refractivity contribution in [2.24, 2.45) is 5.92 Å². The fourth-order valence-corrected chi connectivity index (χ4v) is 2.35. The number of hydrogen-bond acceptors (Lipinski definition) is 2. The summed E-state index contributed by atoms with van der Waals surface area (Å²) in [4.78, 5) is 0. The van der Waals surface area contributed by atoms with Gasteiger partial charge in [-0.3, -0.25) is 0 Å². The van der Waals surface area contributed by atoms with Gasteiger partial charge < -0.3 is 0 Å². The molecular formula is C12H12ClF2NS. The quantitative estimate of drug-likeness (QED) is 0.741. The van der Waals surface area contributed by atoms with Gasteiger partial charge in [-0.15, -0.1) is 0 Å². The number of rotatable bonds is 5. The van der Waals surface area contributed by atoms with Crippen LogP contribution in [0.2, 0.25) is 0 Å². The molecule has 0 heterocycles. The molecule has 1 nitrogen and oxygen atoms in total. The third-order valence-corrected chi connectivity index (χ3v) is 3.72. The van der Waals surface area contributed by atoms with Gasteiger partial charge in [-0.05, 0) is 23.1 Å². The summed E-state index contributed by atoms with van der Waals surface area (Å²) >= 11 is 5.18. The van der Waals surface area contributed by atoms with Crippen molar-refractivity contribution in [2.75, 3.05) is 5.75 Å². The molecule has 0 bridgehead atoms. The summed E-state index contributed by atoms with van der Waals surface area (Å²) in [5, 5.41) is 9.10. The van der Waals surface area contributed by atoms with E-state index in [1.807, 2.05) is 30.3 Å². The molecule has 0 N–H and O–H groups in total. The van der Waals surface area contributed by atoms with Crippen molar-refractivity contribution in [2.45, 2.75) is 17.6 Å². The van der Waals surface area contributed by atoms with Crippen molar-refractivity contribution in [3.8, 4) is 6.07 Å². The molecule has 0 amide bonds. The van der Waals surface area contributed by atoms with Gasteiger partial charge in [0.15, 0.2) is 0 Å². The molecule has 0 saturated carbocycles. The minimum Gasteiger partial charge on any atom is -0.198 e. The Kier molecular flexibility index (Phi) is 5.23. The molecule has 1 aromatic carbocycles. The van der Waals surface area contributed by atoms with Crippen LogP contribution in [-0.4, -0.2) is 10.5 Å². The normalized spacial score (nSPS) is 15.0. The lowest BCUT2D eigenvalue weighted by Gasteiger charge is -2.18. The minimum atomic E-state index is -3.26. The Bertz CT molecular complexity index is 386. The second-order valence-corrected chi connectivity index (χ2v) is 5.59. The van der Waals surface area contributed by atoms with Crippen molar-refractivity contribution in [1.82, 2.24) is 0 Å². The Morgan fingerprint density at radius 1 is 1.41 bits per heavy atom. The maximum absolute atomic E-state index is 12.5. The van der Waals surface area contributed by atoms with E-state index >= 15 is 0 Å². The summed E-state index contributed by atoms with van der Waals surface area (Å²) in [5.74, 6) is -0.427. The van der Waals surface area contributed by atoms with Gasteiger partial charge in [0.25, 0.3) is 0 Å². The van der Waals surface area contributed by atoms with Crippen LogP contribution in [0.3, 0.4) is 0 Å². The summed E-state index contributed by atoms with van der Waals surface area (Å²) < 4.78 is 21.7. The molecule has 92 valence electrons. The van der Waals surface area contributed by atoms with E-state index in [0.29, 0.717) is 11.8 Å². The summed E-state index contributed by atoms with van der Waals surface area (Å²) in [6.07, 6.45) is 0. The van der Waals surface area contributed by atoms with Gasteiger partial charge >= 0.3 is 4.71 Å². The van der Waals surface area contributed by atoms with E-state index in [4.69, 9.17) is 16.9 Å². The van der Waals surface area contributed by atoms with Crippen molar-refractivity contribution >= 4 is 23.4 Å². The Hall–Kier alpha value is -0.790. The smallest absolute Gasteiger partial charge is 0.198 e. The van der Waals surface area contributed by atoms with Crippen LogP contribution in [-0.2, 0) is 0 Å². The second-order valence-electron chi connectivity index (χ2n) is 3.75. The first kappa shape index (κ1) is 14.3. The van der Waals surface area contributed by atoms with Gasteiger partial charge in [0, 0.05) is 5.75 Å². The molecular weight excluding hydrogens is 264 g/mol. The Labute approximate surface area is 109 Å². The Morgan fingerprint density at radius 3 is 2.47 bits per heavy atom. The van der Waals surface area contributed by atoms with Crippen molar-refractivity contribution in [3.05, 3.63) is 35.9 Å². The molecule has 0 spiro atoms. The maximum atomic E-state index is 12.5. The molecule has 5 heteroatoms. The fourth-order valence-electron chi connectivity index (χ4n) is 1.51. The van der Waals surface area contributed by atoms with E-state index in [1.54, 1.807) is 6.92 Å². The van der Waals surface area contributed by atoms with E-state index in [0.717, 1.165) is 5.56 Å². The zero-order chi connectivity index (χ0) is 12.9. The van der Waals surface area contributed by atoms with E-state index in [2.05, 4.69) is 6.07 Å². The van der Waals surface area contributed by atoms with Crippen LogP contribution in [0.15, 0.2) is 30.3 Å². The van der Waals surface area contributed by atoms with Gasteiger partial charge in [0.2, 0.25) is 0 Å². The lowest BCUT2D eigenvalue weighted by Crippen LogP contribution is -2.13. The highest BCUT2D eigenvalue weighted by Crippen LogP contribution is 2.37. The van der Waals surface area contributed by atoms with Crippen molar-refractivity contribution < 1.29 is 8.78 Å². The molecule has 0 aromatic heterocycles. The molecule has 0 fully saturated rings. The maximum Gasteiger partial charge on any atom is 0.371 e. The van der Waals surface area contributed by atoms with Gasteiger partial charge in [-0.25, -0.2) is 0 Å². The third kappa shape index (κ3) is 4.93. The zero-order valence-electron chi connectivity index (χ0n) is 9.24. The third-order valence-electron chi connectivity index (χ3n) is 2.38. The average Bonchev–Trinajstić information content (AvgIpc) is 2.28. The van der Waals surface area contributed by atoms with E-state index in [-0.39, 0.29) is 17.6 Å². The number of nitriles is 1. The predicted octanol–water partition coefficient (Wildman–Crippen LogP) is 4.45. The van der Waals surface area contributed by atoms with Crippen LogP contribution in [0.5, 0.6) is 0 Å². The molecule has 17 heavy (non-hydrogen) atoms. The van der Waals surface area contributed by atoms with Crippen LogP contribution < -0.4 is 0 Å². The van der Waals surface area contributed by atoms with Gasteiger partial charge in [-0.2, -0.15) is 14.0 Å². The monoisotopic (exact) mass is 275 g/mol. The molecule has 0 aliphatic heterocycles. The SMILES string of the molecule is CC(CSC(F)(F)Cl)C(C#N)c1ccccc1. The van der Waals surface area contributed by atoms with E-state index < -0.39 is 4.71 Å². The summed E-state index contributed by atoms with van der Waals surface area (Å²) in [6, 6.07) is 11.3. The first-order valence-electron chi connectivity index (χ1n) is 5.09. The largest absolute Gasteiger partial charge is 0.371 e. The van der Waals surface area contributed by atoms with Crippen LogP contribution >= 0.6 is 23.4 Å². The van der Waals surface area contributed by atoms with Crippen molar-refractivity contribution in [3.63, 3.8) is 0 Å². The van der Waals surface area contributed by atoms with Gasteiger partial charge in [0.1, 0.15) is 0 Å². The lowest BCUT2D eigenvalue weighted by atomic mass is 9.90. The minimum absolute atomic E-state index is 0.142. The predicted molar refractivity (Wildman–Crippen MR) is 67.2 cm³/mol. The van der Waals surface area contributed by atoms with Gasteiger partial charge in [0.05, 0.1) is 12.0 Å². The average molecular weight is 276 g/mol. The second kappa shape index (κ2) is 6.23. The Morgan fingerprint density at radius 2 is 2.00 bits per heavy atom. The fraction of sp³-hybridized carbons (Fsp3) is 0.417. The Balaban J connectivity index is 2.66. The highest BCUT2D eigenvalue weighted by atomic mass is 35.5. The van der Waals surface area contributed by atoms with Crippen LogP contribution in [0, 0.1) is 17.2 Å². The number of nitrogens with zero attached hydrogens (tertiary/aromatic N) is 1. The number of benzene rings is 1. The number of thioether (sulfide) groups is 1. The zero-order valence-corrected chi connectivity index (χ0v) is 10.8. The topological polar surface area (TPSA) is 23.8 Å². The summed E-state index contributed by atoms with van der Waals surface area (Å²) in [7, 11) is 0. The molecule has 0 radical (unpaired) electrons. The highest BCUT2D eigenvalue weighted by Gasteiger charge is 2.28. The van der Waals surface area contributed by atoms with E-state index in [9.17, 15) is 8.78 Å². The first-order valence-corrected chi connectivity index (χ1v) is 6.45. The van der Waals surface area contributed by atoms with Gasteiger partial charge in [-0.1, -0.05) is 49.0 Å². The molecule has 0 aliphatic carbocycles. The molecule has 1 aromatic rings. The number of hydrogen-bond donors (Lipinski definition) is 0. The van der Waals surface area contributed by atoms with Crippen LogP contribution in [0.4, 0.5) is 8.78 Å². The highest BCUT2D eigenvalue weighted by molar-refractivity contribution is 8.01. The van der Waals surface area contributed by atoms with Crippen LogP contribution in [0.25, 0.3) is 0 Å². The summed E-state index contributed by atoms with van der Waals surface area (Å²) in [5.41, 5.74) is 0.848. The standard InChI is InChI=1S/C12H12ClF2NS/c1-9(8-17-12(13,14)15)11(7-16)10-5-3-2-4-6-10/h2-6,9,11H,8H2,1H3. The molecule has 0 aliphatic rings. The van der Waals surface area contributed by atoms with E-state index in [1.165, 1.54) is 0 Å². The molecule has 2 atom stereocenters. The first-order chi connectivity index (χ1) is 7.94. The van der Waals surface area contributed by atoms with Crippen molar-refractivity contribution in [1.29, 1.82) is 5.26 Å². The lowest BCUT2D eigenvalue weighted by molar-refractivity contribution is 0.202. The number of halogens is 3.